The van der Waals surface area contributed by atoms with E-state index >= 15 is 0 Å². The van der Waals surface area contributed by atoms with E-state index in [9.17, 15) is 9.59 Å². The zero-order valence-electron chi connectivity index (χ0n) is 22.6. The Bertz CT molecular complexity index is 1040. The minimum Gasteiger partial charge on any atom is -0.366 e. The Labute approximate surface area is 221 Å². The molecule has 2 aliphatic rings. The number of rotatable bonds is 10. The van der Waals surface area contributed by atoms with Crippen molar-refractivity contribution in [3.05, 3.63) is 59.2 Å². The summed E-state index contributed by atoms with van der Waals surface area (Å²) in [5, 5.41) is 0. The van der Waals surface area contributed by atoms with Crippen LogP contribution in [0.3, 0.4) is 0 Å². The van der Waals surface area contributed by atoms with Crippen molar-refractivity contribution in [3.63, 3.8) is 0 Å². The van der Waals surface area contributed by atoms with Gasteiger partial charge in [0, 0.05) is 31.0 Å². The van der Waals surface area contributed by atoms with Gasteiger partial charge in [-0.05, 0) is 82.8 Å². The number of likely N-dealkylation sites (tertiary alicyclic amines) is 1. The number of piperidine rings is 1. The third-order valence-corrected chi connectivity index (χ3v) is 8.60. The van der Waals surface area contributed by atoms with Crippen molar-refractivity contribution >= 4 is 11.8 Å². The molecule has 1 aromatic carbocycles. The SMILES string of the molecule is CCN(CC)C(=O)c1cnc(C2(c3cccc(C(N)=O)c3)CCN(CCCC3CCCCC3)CC2)nc1. The van der Waals surface area contributed by atoms with Gasteiger partial charge in [-0.3, -0.25) is 9.59 Å². The molecule has 1 saturated carbocycles. The standard InChI is InChI=1S/C30H43N5O2/c1-3-35(4-2)28(37)25-21-32-29(33-22-25)30(26-14-8-13-24(20-26)27(31)36)15-18-34(19-16-30)17-9-12-23-10-6-5-7-11-23/h8,13-14,20-23H,3-7,9-12,15-19H2,1-2H3,(H2,31,36). The monoisotopic (exact) mass is 505 g/mol. The van der Waals surface area contributed by atoms with Crippen LogP contribution < -0.4 is 5.73 Å². The summed E-state index contributed by atoms with van der Waals surface area (Å²) in [6.07, 6.45) is 14.7. The molecule has 1 aromatic heterocycles. The van der Waals surface area contributed by atoms with Crippen molar-refractivity contribution in [1.29, 1.82) is 0 Å². The molecule has 2 heterocycles. The number of primary amides is 1. The summed E-state index contributed by atoms with van der Waals surface area (Å²) in [6.45, 7) is 8.28. The number of aromatic nitrogens is 2. The molecule has 0 spiro atoms. The fraction of sp³-hybridized carbons (Fsp3) is 0.600. The third kappa shape index (κ3) is 6.38. The van der Waals surface area contributed by atoms with Gasteiger partial charge in [0.05, 0.1) is 11.0 Å². The molecule has 2 aromatic rings. The summed E-state index contributed by atoms with van der Waals surface area (Å²) < 4.78 is 0. The van der Waals surface area contributed by atoms with Crippen LogP contribution in [-0.4, -0.2) is 64.3 Å². The number of benzene rings is 1. The average molecular weight is 506 g/mol. The lowest BCUT2D eigenvalue weighted by atomic mass is 9.71. The molecule has 0 atom stereocenters. The van der Waals surface area contributed by atoms with E-state index in [1.807, 2.05) is 26.0 Å². The van der Waals surface area contributed by atoms with Gasteiger partial charge in [0.25, 0.3) is 5.91 Å². The second-order valence-electron chi connectivity index (χ2n) is 10.8. The first-order valence-corrected chi connectivity index (χ1v) is 14.2. The van der Waals surface area contributed by atoms with E-state index in [2.05, 4.69) is 11.0 Å². The van der Waals surface area contributed by atoms with Crippen molar-refractivity contribution in [3.8, 4) is 0 Å². The predicted octanol–water partition coefficient (Wildman–Crippen LogP) is 4.80. The second kappa shape index (κ2) is 12.6. The lowest BCUT2D eigenvalue weighted by Crippen LogP contribution is -2.44. The quantitative estimate of drug-likeness (QED) is 0.501. The number of amides is 2. The summed E-state index contributed by atoms with van der Waals surface area (Å²) >= 11 is 0. The first-order chi connectivity index (χ1) is 18.0. The topological polar surface area (TPSA) is 92.4 Å². The van der Waals surface area contributed by atoms with Crippen LogP contribution in [0.5, 0.6) is 0 Å². The highest BCUT2D eigenvalue weighted by atomic mass is 16.2. The van der Waals surface area contributed by atoms with Crippen LogP contribution in [0.15, 0.2) is 36.7 Å². The zero-order valence-corrected chi connectivity index (χ0v) is 22.6. The fourth-order valence-corrected chi connectivity index (χ4v) is 6.23. The van der Waals surface area contributed by atoms with Gasteiger partial charge in [0.15, 0.2) is 0 Å². The van der Waals surface area contributed by atoms with Gasteiger partial charge in [-0.2, -0.15) is 0 Å². The van der Waals surface area contributed by atoms with E-state index in [0.29, 0.717) is 30.0 Å². The van der Waals surface area contributed by atoms with E-state index in [1.54, 1.807) is 23.4 Å². The molecular weight excluding hydrogens is 462 g/mol. The molecule has 0 unspecified atom stereocenters. The van der Waals surface area contributed by atoms with Gasteiger partial charge >= 0.3 is 0 Å². The van der Waals surface area contributed by atoms with Crippen molar-refractivity contribution in [2.45, 2.75) is 77.0 Å². The normalized spacial score (nSPS) is 18.4. The van der Waals surface area contributed by atoms with Crippen molar-refractivity contribution in [1.82, 2.24) is 19.8 Å². The summed E-state index contributed by atoms with van der Waals surface area (Å²) in [5.74, 6) is 1.15. The van der Waals surface area contributed by atoms with E-state index in [-0.39, 0.29) is 5.91 Å². The minimum atomic E-state index is -0.432. The lowest BCUT2D eigenvalue weighted by Gasteiger charge is -2.41. The lowest BCUT2D eigenvalue weighted by molar-refractivity contribution is 0.0771. The second-order valence-corrected chi connectivity index (χ2v) is 10.8. The molecule has 2 N–H and O–H groups in total. The number of nitrogens with zero attached hydrogens (tertiary/aromatic N) is 4. The molecule has 7 nitrogen and oxygen atoms in total. The highest BCUT2D eigenvalue weighted by Gasteiger charge is 2.40. The Morgan fingerprint density at radius 2 is 1.70 bits per heavy atom. The number of carbonyl (C=O) groups excluding carboxylic acids is 2. The van der Waals surface area contributed by atoms with E-state index in [0.717, 1.165) is 44.0 Å². The third-order valence-electron chi connectivity index (χ3n) is 8.60. The van der Waals surface area contributed by atoms with Crippen LogP contribution in [0.4, 0.5) is 0 Å². The maximum absolute atomic E-state index is 12.8. The molecular formula is C30H43N5O2. The van der Waals surface area contributed by atoms with Gasteiger partial charge in [0.2, 0.25) is 5.91 Å². The zero-order chi connectivity index (χ0) is 26.3. The Morgan fingerprint density at radius 3 is 2.32 bits per heavy atom. The van der Waals surface area contributed by atoms with E-state index in [1.165, 1.54) is 44.9 Å². The van der Waals surface area contributed by atoms with Gasteiger partial charge in [-0.15, -0.1) is 0 Å². The maximum Gasteiger partial charge on any atom is 0.256 e. The molecule has 37 heavy (non-hydrogen) atoms. The maximum atomic E-state index is 12.8. The van der Waals surface area contributed by atoms with E-state index in [4.69, 9.17) is 15.7 Å². The molecule has 1 saturated heterocycles. The van der Waals surface area contributed by atoms with Crippen LogP contribution in [0.25, 0.3) is 0 Å². The average Bonchev–Trinajstić information content (AvgIpc) is 2.95. The van der Waals surface area contributed by atoms with Crippen molar-refractivity contribution in [2.24, 2.45) is 11.7 Å². The number of nitrogens with two attached hydrogens (primary N) is 1. The molecule has 2 amide bonds. The molecule has 200 valence electrons. The molecule has 7 heteroatoms. The highest BCUT2D eigenvalue weighted by Crippen LogP contribution is 2.40. The first kappa shape index (κ1) is 27.2. The number of hydrogen-bond acceptors (Lipinski definition) is 5. The molecule has 1 aliphatic heterocycles. The van der Waals surface area contributed by atoms with Crippen LogP contribution in [0.2, 0.25) is 0 Å². The number of carbonyl (C=O) groups is 2. The van der Waals surface area contributed by atoms with Crippen molar-refractivity contribution in [2.75, 3.05) is 32.7 Å². The van der Waals surface area contributed by atoms with E-state index < -0.39 is 11.3 Å². The van der Waals surface area contributed by atoms with Gasteiger partial charge < -0.3 is 15.5 Å². The largest absolute Gasteiger partial charge is 0.366 e. The summed E-state index contributed by atoms with van der Waals surface area (Å²) in [6, 6.07) is 7.61. The molecule has 1 aliphatic carbocycles. The van der Waals surface area contributed by atoms with Gasteiger partial charge in [-0.25, -0.2) is 9.97 Å². The predicted molar refractivity (Wildman–Crippen MR) is 147 cm³/mol. The van der Waals surface area contributed by atoms with Crippen LogP contribution in [0.1, 0.15) is 104 Å². The molecule has 2 fully saturated rings. The van der Waals surface area contributed by atoms with Crippen LogP contribution >= 0.6 is 0 Å². The van der Waals surface area contributed by atoms with Gasteiger partial charge in [-0.1, -0.05) is 44.2 Å². The summed E-state index contributed by atoms with van der Waals surface area (Å²) in [5.41, 5.74) is 7.23. The number of hydrogen-bond donors (Lipinski definition) is 1. The molecule has 0 bridgehead atoms. The van der Waals surface area contributed by atoms with Crippen LogP contribution in [-0.2, 0) is 5.41 Å². The Hall–Kier alpha value is -2.80. The Morgan fingerprint density at radius 1 is 1.03 bits per heavy atom. The fourth-order valence-electron chi connectivity index (χ4n) is 6.23. The summed E-state index contributed by atoms with van der Waals surface area (Å²) in [4.78, 5) is 38.6. The smallest absolute Gasteiger partial charge is 0.256 e. The minimum absolute atomic E-state index is 0.0471. The highest BCUT2D eigenvalue weighted by molar-refractivity contribution is 5.94. The van der Waals surface area contributed by atoms with Crippen LogP contribution in [0, 0.1) is 5.92 Å². The van der Waals surface area contributed by atoms with Gasteiger partial charge in [0.1, 0.15) is 5.82 Å². The Balaban J connectivity index is 1.52. The summed E-state index contributed by atoms with van der Waals surface area (Å²) in [7, 11) is 0. The first-order valence-electron chi connectivity index (χ1n) is 14.2. The molecule has 0 radical (unpaired) electrons. The van der Waals surface area contributed by atoms with Crippen molar-refractivity contribution < 1.29 is 9.59 Å². The Kier molecular flexibility index (Phi) is 9.30. The molecule has 4 rings (SSSR count).